The Morgan fingerprint density at radius 2 is 1.86 bits per heavy atom. The van der Waals surface area contributed by atoms with Crippen LogP contribution in [0.5, 0.6) is 5.75 Å². The van der Waals surface area contributed by atoms with Crippen molar-refractivity contribution in [1.82, 2.24) is 0 Å². The molecule has 0 bridgehead atoms. The predicted molar refractivity (Wildman–Crippen MR) is 115 cm³/mol. The van der Waals surface area contributed by atoms with Crippen LogP contribution in [0.1, 0.15) is 12.0 Å². The first-order valence-corrected chi connectivity index (χ1v) is 9.46. The highest BCUT2D eigenvalue weighted by Gasteiger charge is 2.26. The van der Waals surface area contributed by atoms with Crippen molar-refractivity contribution in [3.63, 3.8) is 0 Å². The van der Waals surface area contributed by atoms with Gasteiger partial charge in [-0.15, -0.1) is 0 Å². The number of nitrogens with zero attached hydrogens (tertiary/aromatic N) is 1. The van der Waals surface area contributed by atoms with Crippen molar-refractivity contribution in [2.45, 2.75) is 12.8 Å². The van der Waals surface area contributed by atoms with Crippen LogP contribution >= 0.6 is 0 Å². The minimum absolute atomic E-state index is 0.119. The standard InChI is InChI=1S/C25H23NO2/c1-26-17-22(19-12-6-3-4-7-13-19)23(27)16-21-20(18-10-8-5-9-11-18)14-15-24(28-2)25(21)26/h3-6,8-15,17H,7,16H2,1-2H3. The van der Waals surface area contributed by atoms with E-state index < -0.39 is 0 Å². The molecule has 1 heterocycles. The lowest BCUT2D eigenvalue weighted by Gasteiger charge is -2.22. The van der Waals surface area contributed by atoms with Crippen LogP contribution in [0, 0.1) is 0 Å². The lowest BCUT2D eigenvalue weighted by atomic mass is 9.92. The van der Waals surface area contributed by atoms with Gasteiger partial charge in [-0.3, -0.25) is 4.79 Å². The Morgan fingerprint density at radius 1 is 1.04 bits per heavy atom. The second-order valence-electron chi connectivity index (χ2n) is 6.94. The van der Waals surface area contributed by atoms with E-state index in [1.165, 1.54) is 0 Å². The minimum Gasteiger partial charge on any atom is -0.495 e. The molecule has 3 heteroatoms. The Bertz CT molecular complexity index is 1030. The fourth-order valence-corrected chi connectivity index (χ4v) is 3.83. The number of allylic oxidation sites excluding steroid dienone is 7. The van der Waals surface area contributed by atoms with Crippen LogP contribution in [0.3, 0.4) is 0 Å². The van der Waals surface area contributed by atoms with E-state index in [-0.39, 0.29) is 5.78 Å². The Hall–Kier alpha value is -3.33. The number of rotatable bonds is 3. The van der Waals surface area contributed by atoms with Crippen LogP contribution in [-0.2, 0) is 11.2 Å². The smallest absolute Gasteiger partial charge is 0.169 e. The lowest BCUT2D eigenvalue weighted by Crippen LogP contribution is -2.12. The largest absolute Gasteiger partial charge is 0.495 e. The average Bonchev–Trinajstić information content (AvgIpc) is 3.06. The number of ketones is 1. The summed E-state index contributed by atoms with van der Waals surface area (Å²) in [4.78, 5) is 15.3. The van der Waals surface area contributed by atoms with Crippen molar-refractivity contribution in [3.05, 3.63) is 95.8 Å². The zero-order valence-corrected chi connectivity index (χ0v) is 16.2. The third-order valence-electron chi connectivity index (χ3n) is 5.17. The van der Waals surface area contributed by atoms with E-state index in [0.717, 1.165) is 45.7 Å². The normalized spacial score (nSPS) is 16.1. The number of carbonyl (C=O) groups excluding carboxylic acids is 1. The van der Waals surface area contributed by atoms with Gasteiger partial charge in [-0.05, 0) is 34.8 Å². The van der Waals surface area contributed by atoms with E-state index in [4.69, 9.17) is 4.74 Å². The summed E-state index contributed by atoms with van der Waals surface area (Å²) < 4.78 is 5.64. The van der Waals surface area contributed by atoms with E-state index in [1.54, 1.807) is 7.11 Å². The second kappa shape index (κ2) is 7.73. The van der Waals surface area contributed by atoms with E-state index in [9.17, 15) is 4.79 Å². The molecule has 0 atom stereocenters. The van der Waals surface area contributed by atoms with Gasteiger partial charge < -0.3 is 9.64 Å². The van der Waals surface area contributed by atoms with Gasteiger partial charge in [-0.1, -0.05) is 66.8 Å². The molecule has 3 nitrogen and oxygen atoms in total. The summed E-state index contributed by atoms with van der Waals surface area (Å²) in [6.07, 6.45) is 13.3. The van der Waals surface area contributed by atoms with Gasteiger partial charge in [0.2, 0.25) is 0 Å². The first-order chi connectivity index (χ1) is 13.7. The zero-order valence-electron chi connectivity index (χ0n) is 16.2. The summed E-state index contributed by atoms with van der Waals surface area (Å²) in [6, 6.07) is 14.2. The number of carbonyl (C=O) groups is 1. The maximum atomic E-state index is 13.3. The molecule has 140 valence electrons. The van der Waals surface area contributed by atoms with Crippen LogP contribution in [0.25, 0.3) is 11.1 Å². The molecule has 2 aliphatic rings. The van der Waals surface area contributed by atoms with E-state index in [1.807, 2.05) is 66.7 Å². The molecule has 0 saturated heterocycles. The molecule has 2 aromatic carbocycles. The number of fused-ring (bicyclic) bond motifs is 1. The molecule has 4 rings (SSSR count). The van der Waals surface area contributed by atoms with Crippen LogP contribution in [0.15, 0.2) is 90.2 Å². The molecule has 0 saturated carbocycles. The first-order valence-electron chi connectivity index (χ1n) is 9.46. The van der Waals surface area contributed by atoms with Crippen molar-refractivity contribution in [2.75, 3.05) is 19.1 Å². The molecular formula is C25H23NO2. The molecule has 0 N–H and O–H groups in total. The second-order valence-corrected chi connectivity index (χ2v) is 6.94. The molecule has 0 aromatic heterocycles. The van der Waals surface area contributed by atoms with Gasteiger partial charge in [0, 0.05) is 25.2 Å². The van der Waals surface area contributed by atoms with Gasteiger partial charge in [0.05, 0.1) is 12.8 Å². The number of hydrogen-bond acceptors (Lipinski definition) is 3. The zero-order chi connectivity index (χ0) is 19.5. The molecule has 0 fully saturated rings. The third-order valence-corrected chi connectivity index (χ3v) is 5.17. The van der Waals surface area contributed by atoms with Crippen molar-refractivity contribution in [1.29, 1.82) is 0 Å². The number of anilines is 1. The Balaban J connectivity index is 1.86. The van der Waals surface area contributed by atoms with Crippen LogP contribution < -0.4 is 9.64 Å². The molecule has 1 aliphatic carbocycles. The molecule has 2 aromatic rings. The first kappa shape index (κ1) is 18.1. The Morgan fingerprint density at radius 3 is 2.64 bits per heavy atom. The monoisotopic (exact) mass is 369 g/mol. The van der Waals surface area contributed by atoms with Crippen molar-refractivity contribution in [3.8, 4) is 16.9 Å². The summed E-state index contributed by atoms with van der Waals surface area (Å²) in [5.74, 6) is 0.892. The van der Waals surface area contributed by atoms with Gasteiger partial charge in [-0.2, -0.15) is 0 Å². The highest BCUT2D eigenvalue weighted by molar-refractivity contribution is 6.05. The summed E-state index contributed by atoms with van der Waals surface area (Å²) in [7, 11) is 3.65. The highest BCUT2D eigenvalue weighted by Crippen LogP contribution is 2.41. The topological polar surface area (TPSA) is 29.5 Å². The molecule has 0 unspecified atom stereocenters. The predicted octanol–water partition coefficient (Wildman–Crippen LogP) is 5.25. The molecule has 0 amide bonds. The summed E-state index contributed by atoms with van der Waals surface area (Å²) >= 11 is 0. The fraction of sp³-hybridized carbons (Fsp3) is 0.160. The van der Waals surface area contributed by atoms with Gasteiger partial charge in [-0.25, -0.2) is 0 Å². The summed E-state index contributed by atoms with van der Waals surface area (Å²) in [5.41, 5.74) is 5.82. The van der Waals surface area contributed by atoms with Crippen molar-refractivity contribution >= 4 is 11.5 Å². The van der Waals surface area contributed by atoms with Crippen molar-refractivity contribution in [2.24, 2.45) is 0 Å². The van der Waals surface area contributed by atoms with Crippen LogP contribution in [0.4, 0.5) is 5.69 Å². The van der Waals surface area contributed by atoms with Crippen LogP contribution in [-0.4, -0.2) is 19.9 Å². The third kappa shape index (κ3) is 3.31. The number of methoxy groups -OCH3 is 1. The maximum Gasteiger partial charge on any atom is 0.169 e. The number of ether oxygens (including phenoxy) is 1. The van der Waals surface area contributed by atoms with Gasteiger partial charge in [0.1, 0.15) is 5.75 Å². The van der Waals surface area contributed by atoms with E-state index in [2.05, 4.69) is 24.3 Å². The number of hydrogen-bond donors (Lipinski definition) is 0. The molecule has 0 spiro atoms. The molecular weight excluding hydrogens is 346 g/mol. The molecule has 28 heavy (non-hydrogen) atoms. The Labute approximate surface area is 165 Å². The quantitative estimate of drug-likeness (QED) is 0.740. The molecule has 1 aliphatic heterocycles. The van der Waals surface area contributed by atoms with Gasteiger partial charge >= 0.3 is 0 Å². The van der Waals surface area contributed by atoms with E-state index >= 15 is 0 Å². The van der Waals surface area contributed by atoms with Crippen molar-refractivity contribution < 1.29 is 9.53 Å². The SMILES string of the molecule is COc1ccc(-c2ccccc2)c2c1N(C)C=C(C1=CCC=CC=C1)C(=O)C2. The summed E-state index contributed by atoms with van der Waals surface area (Å²) in [6.45, 7) is 0. The van der Waals surface area contributed by atoms with E-state index in [0.29, 0.717) is 6.42 Å². The van der Waals surface area contributed by atoms with Gasteiger partial charge in [0.25, 0.3) is 0 Å². The minimum atomic E-state index is 0.119. The fourth-order valence-electron chi connectivity index (χ4n) is 3.83. The lowest BCUT2D eigenvalue weighted by molar-refractivity contribution is -0.114. The maximum absolute atomic E-state index is 13.3. The average molecular weight is 369 g/mol. The summed E-state index contributed by atoms with van der Waals surface area (Å²) in [5, 5.41) is 0. The number of benzene rings is 2. The van der Waals surface area contributed by atoms with Crippen LogP contribution in [0.2, 0.25) is 0 Å². The number of Topliss-reactive ketones (excluding diaryl/α,β-unsaturated/α-hetero) is 1. The molecule has 0 radical (unpaired) electrons. The highest BCUT2D eigenvalue weighted by atomic mass is 16.5. The Kier molecular flexibility index (Phi) is 4.98. The van der Waals surface area contributed by atoms with Gasteiger partial charge in [0.15, 0.2) is 5.78 Å².